The van der Waals surface area contributed by atoms with Crippen molar-refractivity contribution in [3.63, 3.8) is 0 Å². The molecule has 1 N–H and O–H groups in total. The van der Waals surface area contributed by atoms with Crippen molar-refractivity contribution in [3.05, 3.63) is 11.1 Å². The normalized spacial score (nSPS) is 12.7. The maximum atomic E-state index is 7.57. The maximum Gasteiger partial charge on any atom is 0.119 e. The third-order valence-electron chi connectivity index (χ3n) is 16.0. The highest BCUT2D eigenvalue weighted by molar-refractivity contribution is 6.76. The van der Waals surface area contributed by atoms with Crippen LogP contribution in [0.5, 0.6) is 0 Å². The third-order valence-corrected chi connectivity index (χ3v) is 16.0. The molecule has 0 saturated heterocycles. The van der Waals surface area contributed by atoms with Crippen molar-refractivity contribution in [2.24, 2.45) is 0 Å². The minimum Gasteiger partial charge on any atom is -0.355 e. The number of fused-ring (bicyclic) bond motifs is 8. The van der Waals surface area contributed by atoms with Gasteiger partial charge in [0.25, 0.3) is 0 Å². The van der Waals surface area contributed by atoms with E-state index in [-0.39, 0.29) is 241 Å². The first-order valence-corrected chi connectivity index (χ1v) is 23.8. The zero-order valence-electron chi connectivity index (χ0n) is 43.2. The molecule has 0 unspecified atom stereocenters. The van der Waals surface area contributed by atoms with Crippen molar-refractivity contribution in [2.45, 2.75) is 19.3 Å². The van der Waals surface area contributed by atoms with Crippen LogP contribution in [0.1, 0.15) is 25.0 Å². The number of anilines is 3. The van der Waals surface area contributed by atoms with Gasteiger partial charge < -0.3 is 9.88 Å². The van der Waals surface area contributed by atoms with Gasteiger partial charge >= 0.3 is 0 Å². The van der Waals surface area contributed by atoms with Crippen molar-refractivity contribution in [3.8, 4) is 33.4 Å². The largest absolute Gasteiger partial charge is 0.355 e. The summed E-state index contributed by atoms with van der Waals surface area (Å²) >= 11 is 0. The molecule has 0 bridgehead atoms. The first-order valence-electron chi connectivity index (χ1n) is 23.8. The van der Waals surface area contributed by atoms with E-state index >= 15 is 0 Å². The monoisotopic (exact) mass is 942 g/mol. The first-order chi connectivity index (χ1) is 37.1. The van der Waals surface area contributed by atoms with E-state index in [9.17, 15) is 0 Å². The fourth-order valence-corrected chi connectivity index (χ4v) is 11.7. The summed E-state index contributed by atoms with van der Waals surface area (Å²) in [6.45, 7) is 3.64. The van der Waals surface area contributed by atoms with Gasteiger partial charge in [-0.05, 0) is 60.7 Å². The summed E-state index contributed by atoms with van der Waals surface area (Å²) in [5.74, 6) is 0. The van der Waals surface area contributed by atoms with Gasteiger partial charge in [0.2, 0.25) is 0 Å². The van der Waals surface area contributed by atoms with Crippen LogP contribution in [0.3, 0.4) is 0 Å². The molecule has 1 heterocycles. The van der Waals surface area contributed by atoms with Crippen LogP contribution in [-0.2, 0) is 5.41 Å². The number of H-pyrrole nitrogens is 1. The Balaban J connectivity index is 1.48. The van der Waals surface area contributed by atoms with Crippen molar-refractivity contribution >= 4 is 436 Å². The summed E-state index contributed by atoms with van der Waals surface area (Å²) in [7, 11) is 199. The van der Waals surface area contributed by atoms with Gasteiger partial charge in [-0.3, -0.25) is 0 Å². The van der Waals surface area contributed by atoms with Crippen molar-refractivity contribution in [2.75, 3.05) is 4.90 Å². The van der Waals surface area contributed by atoms with Gasteiger partial charge in [0.1, 0.15) is 228 Å². The molecule has 0 spiro atoms. The van der Waals surface area contributed by atoms with E-state index in [0.717, 1.165) is 0 Å². The predicted molar refractivity (Wildman–Crippen MR) is 373 cm³/mol. The zero-order chi connectivity index (χ0) is 59.3. The minimum atomic E-state index is -1.10. The average molecular weight is 937 g/mol. The maximum absolute atomic E-state index is 7.57. The smallest absolute Gasteiger partial charge is 0.119 e. The molecular weight excluding hydrogens is 930 g/mol. The Hall–Kier alpha value is -4.50. The molecule has 1 aromatic heterocycles. The van der Waals surface area contributed by atoms with Gasteiger partial charge in [-0.2, -0.15) is 0 Å². The molecule has 58 radical (unpaired) electrons. The van der Waals surface area contributed by atoms with E-state index in [1.54, 1.807) is 0 Å². The standard InChI is InChI=1S/C49H7B29N2/c1-49(2)13-6(16(51)29(64)35(70)26(13)61)7-14(49)27(62)41(76)47(25(7)60)80(46-12(24(59)34(69)38(73)42(46)77)10-20(55)32(67)37(72)33(68)21(10)56)48-40(75)23(58)11-5-3-4(9-18(53)30(65)36(71)31(66)19(9)54)15(50)28(63)17(52)8(3)22(57)39(74)44(5)79-45(11)43(48)78/h79H,1-2H3. The van der Waals surface area contributed by atoms with E-state index in [1.807, 2.05) is 13.8 Å². The number of nitrogens with zero attached hydrogens (tertiary/aromatic N) is 1. The lowest BCUT2D eigenvalue weighted by Gasteiger charge is -2.40. The van der Waals surface area contributed by atoms with Crippen molar-refractivity contribution < 1.29 is 0 Å². The lowest BCUT2D eigenvalue weighted by Crippen LogP contribution is -2.57. The number of benzene rings is 8. The molecule has 0 saturated carbocycles. The molecule has 0 amide bonds. The summed E-state index contributed by atoms with van der Waals surface area (Å²) < 4.78 is 0. The van der Waals surface area contributed by atoms with Gasteiger partial charge in [-0.1, -0.05) is 112 Å². The minimum absolute atomic E-state index is 0.00329. The molecule has 0 atom stereocenters. The summed E-state index contributed by atoms with van der Waals surface area (Å²) in [6.07, 6.45) is 0. The van der Waals surface area contributed by atoms with E-state index < -0.39 is 5.41 Å². The second kappa shape index (κ2) is 19.5. The van der Waals surface area contributed by atoms with Crippen LogP contribution in [0.2, 0.25) is 0 Å². The molecule has 0 aliphatic heterocycles. The Labute approximate surface area is 505 Å². The van der Waals surface area contributed by atoms with Gasteiger partial charge in [-0.25, -0.2) is 0 Å². The zero-order valence-corrected chi connectivity index (χ0v) is 43.2. The van der Waals surface area contributed by atoms with Gasteiger partial charge in [-0.15, -0.1) is 60.1 Å². The highest BCUT2D eigenvalue weighted by atomic mass is 15.2. The van der Waals surface area contributed by atoms with Crippen LogP contribution in [0.4, 0.5) is 17.1 Å². The molecule has 10 rings (SSSR count). The van der Waals surface area contributed by atoms with Crippen LogP contribution in [0.25, 0.3) is 66.0 Å². The van der Waals surface area contributed by atoms with Gasteiger partial charge in [0.15, 0.2) is 0 Å². The first kappa shape index (κ1) is 58.7. The number of aromatic nitrogens is 1. The molecule has 300 valence electrons. The molecule has 2 nitrogen and oxygen atoms in total. The van der Waals surface area contributed by atoms with E-state index in [0.29, 0.717) is 11.1 Å². The molecular formula is C49H7B29N2. The summed E-state index contributed by atoms with van der Waals surface area (Å²) in [5, 5.41) is 0.463. The van der Waals surface area contributed by atoms with E-state index in [2.05, 4.69) is 4.98 Å². The van der Waals surface area contributed by atoms with Crippen molar-refractivity contribution in [1.82, 2.24) is 4.98 Å². The lowest BCUT2D eigenvalue weighted by atomic mass is 9.57. The molecule has 0 fully saturated rings. The summed E-state index contributed by atoms with van der Waals surface area (Å²) in [4.78, 5) is 4.60. The summed E-state index contributed by atoms with van der Waals surface area (Å²) in [5.41, 5.74) is -5.18. The average Bonchev–Trinajstić information content (AvgIpc) is 3.19. The Kier molecular flexibility index (Phi) is 14.3. The van der Waals surface area contributed by atoms with Crippen molar-refractivity contribution in [1.29, 1.82) is 0 Å². The Morgan fingerprint density at radius 3 is 0.988 bits per heavy atom. The Morgan fingerprint density at radius 1 is 0.212 bits per heavy atom. The summed E-state index contributed by atoms with van der Waals surface area (Å²) in [6, 6.07) is 0. The quantitative estimate of drug-likeness (QED) is 0.170. The van der Waals surface area contributed by atoms with Crippen LogP contribution in [0, 0.1) is 0 Å². The van der Waals surface area contributed by atoms with Crippen LogP contribution in [0.15, 0.2) is 0 Å². The molecule has 1 aliphatic rings. The van der Waals surface area contributed by atoms with Crippen LogP contribution >= 0.6 is 0 Å². The fourth-order valence-electron chi connectivity index (χ4n) is 11.7. The van der Waals surface area contributed by atoms with Gasteiger partial charge in [0.05, 0.1) is 0 Å². The molecule has 80 heavy (non-hydrogen) atoms. The topological polar surface area (TPSA) is 19.0 Å². The number of hydrogen-bond acceptors (Lipinski definition) is 1. The lowest BCUT2D eigenvalue weighted by molar-refractivity contribution is 0.670. The molecule has 8 aromatic carbocycles. The fraction of sp³-hybridized carbons (Fsp3) is 0.0612. The predicted octanol–water partition coefficient (Wildman–Crippen LogP) is -21.4. The van der Waals surface area contributed by atoms with E-state index in [1.165, 1.54) is 4.90 Å². The van der Waals surface area contributed by atoms with Crippen LogP contribution < -0.4 is 163 Å². The molecule has 1 aliphatic carbocycles. The second-order valence-corrected chi connectivity index (χ2v) is 20.4. The number of nitrogens with one attached hydrogen (secondary N) is 1. The second-order valence-electron chi connectivity index (χ2n) is 20.4. The SMILES string of the molecule is [B]c1c([B])c([B])c(-c2c([B])c([B])c([B])c([B])c2N(c2c([B])c([B])c3c(c2[B])-c2c([B])c([B])c([B])c([B])c2C3(C)C)c2c([B])c([B])c3c([nH]c4c([B])c([B])c5c([B])c([B])c([B])c(-c6c([B])c([B])c([B])c([B])c6[B])c5c43)c2[B])c([B])c1[B]. The number of aromatic amines is 1. The molecule has 31 heteroatoms. The Bertz CT molecular complexity index is 4390. The van der Waals surface area contributed by atoms with Gasteiger partial charge in [0, 0.05) is 38.9 Å². The third kappa shape index (κ3) is 7.47. The Morgan fingerprint density at radius 2 is 0.500 bits per heavy atom. The molecule has 9 aromatic rings. The van der Waals surface area contributed by atoms with E-state index in [4.69, 9.17) is 228 Å². The van der Waals surface area contributed by atoms with Crippen LogP contribution in [-0.4, -0.2) is 233 Å². The number of rotatable bonds is 5. The highest BCUT2D eigenvalue weighted by Crippen LogP contribution is 2.47. The number of hydrogen-bond donors (Lipinski definition) is 1. The highest BCUT2D eigenvalue weighted by Gasteiger charge is 2.42.